The average molecular weight is 400 g/mol. The predicted molar refractivity (Wildman–Crippen MR) is 117 cm³/mol. The van der Waals surface area contributed by atoms with E-state index in [0.717, 1.165) is 22.6 Å². The number of aromatic nitrogens is 2. The number of unbranched alkanes of at least 4 members (excludes halogenated alkanes) is 1. The van der Waals surface area contributed by atoms with Gasteiger partial charge in [-0.2, -0.15) is 10.4 Å². The molecule has 0 aliphatic carbocycles. The van der Waals surface area contributed by atoms with Crippen LogP contribution in [0.4, 0.5) is 5.69 Å². The van der Waals surface area contributed by atoms with Gasteiger partial charge < -0.3 is 10.1 Å². The molecule has 30 heavy (non-hydrogen) atoms. The van der Waals surface area contributed by atoms with Crippen LogP contribution in [0.15, 0.2) is 60.7 Å². The van der Waals surface area contributed by atoms with Gasteiger partial charge in [-0.3, -0.25) is 4.79 Å². The van der Waals surface area contributed by atoms with Gasteiger partial charge in [0, 0.05) is 35.5 Å². The molecule has 1 amide bonds. The van der Waals surface area contributed by atoms with Crippen LogP contribution in [0.1, 0.15) is 29.8 Å². The van der Waals surface area contributed by atoms with Crippen molar-refractivity contribution in [2.24, 2.45) is 0 Å². The zero-order valence-electron chi connectivity index (χ0n) is 17.1. The number of carbonyl (C=O) groups is 1. The molecule has 1 N–H and O–H groups in total. The van der Waals surface area contributed by atoms with Gasteiger partial charge in [-0.15, -0.1) is 0 Å². The van der Waals surface area contributed by atoms with Crippen LogP contribution in [0.25, 0.3) is 11.8 Å². The van der Waals surface area contributed by atoms with Crippen molar-refractivity contribution >= 4 is 17.7 Å². The molecule has 0 bridgehead atoms. The van der Waals surface area contributed by atoms with E-state index in [1.807, 2.05) is 61.0 Å². The Morgan fingerprint density at radius 3 is 2.77 bits per heavy atom. The number of nitrogens with one attached hydrogen (secondary N) is 1. The highest BCUT2D eigenvalue weighted by molar-refractivity contribution is 6.02. The summed E-state index contributed by atoms with van der Waals surface area (Å²) in [5.41, 5.74) is 4.37. The van der Waals surface area contributed by atoms with Crippen molar-refractivity contribution in [2.45, 2.75) is 26.7 Å². The van der Waals surface area contributed by atoms with Gasteiger partial charge in [0.1, 0.15) is 5.75 Å². The fraction of sp³-hybridized carbons (Fsp3) is 0.208. The van der Waals surface area contributed by atoms with Crippen LogP contribution in [0, 0.1) is 25.2 Å². The fourth-order valence-corrected chi connectivity index (χ4v) is 3.06. The Hall–Kier alpha value is -3.85. The summed E-state index contributed by atoms with van der Waals surface area (Å²) in [6.45, 7) is 4.38. The number of benzene rings is 2. The lowest BCUT2D eigenvalue weighted by Crippen LogP contribution is -2.08. The quantitative estimate of drug-likeness (QED) is 0.434. The maximum Gasteiger partial charge on any atom is 0.248 e. The smallest absolute Gasteiger partial charge is 0.248 e. The van der Waals surface area contributed by atoms with Gasteiger partial charge in [0.2, 0.25) is 5.91 Å². The molecular weight excluding hydrogens is 376 g/mol. The minimum absolute atomic E-state index is 0.233. The zero-order chi connectivity index (χ0) is 21.3. The van der Waals surface area contributed by atoms with Crippen LogP contribution in [-0.2, 0) is 4.79 Å². The molecular formula is C24H24N4O2. The standard InChI is InChI=1S/C24H24N4O2/c1-18-23(19(2)28(27-18)21-10-4-3-5-11-21)13-14-24(29)26-20-9-8-12-22(17-20)30-16-7-6-15-25/h3-5,8-14,17H,6-7,16H2,1-2H3,(H,26,29). The Kier molecular flexibility index (Phi) is 7.01. The molecule has 152 valence electrons. The Labute approximate surface area is 176 Å². The van der Waals surface area contributed by atoms with Crippen LogP contribution in [0.5, 0.6) is 5.75 Å². The summed E-state index contributed by atoms with van der Waals surface area (Å²) >= 11 is 0. The van der Waals surface area contributed by atoms with Gasteiger partial charge in [-0.05, 0) is 50.6 Å². The highest BCUT2D eigenvalue weighted by atomic mass is 16.5. The Morgan fingerprint density at radius 1 is 1.20 bits per heavy atom. The van der Waals surface area contributed by atoms with Crippen molar-refractivity contribution in [2.75, 3.05) is 11.9 Å². The lowest BCUT2D eigenvalue weighted by Gasteiger charge is -2.07. The minimum atomic E-state index is -0.233. The molecule has 0 aliphatic rings. The van der Waals surface area contributed by atoms with Crippen LogP contribution in [0.2, 0.25) is 0 Å². The third-order valence-electron chi connectivity index (χ3n) is 4.55. The number of hydrogen-bond acceptors (Lipinski definition) is 4. The van der Waals surface area contributed by atoms with Gasteiger partial charge in [0.05, 0.1) is 24.1 Å². The van der Waals surface area contributed by atoms with E-state index in [-0.39, 0.29) is 5.91 Å². The fourth-order valence-electron chi connectivity index (χ4n) is 3.06. The average Bonchev–Trinajstić information content (AvgIpc) is 3.04. The van der Waals surface area contributed by atoms with E-state index < -0.39 is 0 Å². The maximum absolute atomic E-state index is 12.4. The van der Waals surface area contributed by atoms with Gasteiger partial charge in [-0.25, -0.2) is 4.68 Å². The molecule has 0 saturated carbocycles. The number of amides is 1. The maximum atomic E-state index is 12.4. The number of anilines is 1. The molecule has 3 rings (SSSR count). The SMILES string of the molecule is Cc1nn(-c2ccccc2)c(C)c1C=CC(=O)Nc1cccc(OCCCC#N)c1. The van der Waals surface area contributed by atoms with E-state index in [1.54, 1.807) is 18.2 Å². The summed E-state index contributed by atoms with van der Waals surface area (Å²) in [5.74, 6) is 0.424. The minimum Gasteiger partial charge on any atom is -0.493 e. The second-order valence-corrected chi connectivity index (χ2v) is 6.79. The molecule has 0 atom stereocenters. The summed E-state index contributed by atoms with van der Waals surface area (Å²) in [6, 6.07) is 19.2. The van der Waals surface area contributed by atoms with Crippen LogP contribution >= 0.6 is 0 Å². The molecule has 0 saturated heterocycles. The van der Waals surface area contributed by atoms with Crippen molar-refractivity contribution in [1.82, 2.24) is 9.78 Å². The van der Waals surface area contributed by atoms with Crippen molar-refractivity contribution in [1.29, 1.82) is 5.26 Å². The third kappa shape index (κ3) is 5.36. The first-order valence-electron chi connectivity index (χ1n) is 9.79. The molecule has 0 spiro atoms. The largest absolute Gasteiger partial charge is 0.493 e. The third-order valence-corrected chi connectivity index (χ3v) is 4.55. The number of para-hydroxylation sites is 1. The van der Waals surface area contributed by atoms with Crippen molar-refractivity contribution in [3.05, 3.63) is 77.6 Å². The number of hydrogen-bond donors (Lipinski definition) is 1. The Bertz CT molecular complexity index is 1080. The van der Waals surface area contributed by atoms with E-state index in [9.17, 15) is 4.79 Å². The van der Waals surface area contributed by atoms with Crippen molar-refractivity contribution in [3.63, 3.8) is 0 Å². The molecule has 0 aliphatic heterocycles. The number of carbonyl (C=O) groups excluding carboxylic acids is 1. The highest BCUT2D eigenvalue weighted by Gasteiger charge is 2.11. The molecule has 3 aromatic rings. The van der Waals surface area contributed by atoms with Crippen LogP contribution in [0.3, 0.4) is 0 Å². The number of aryl methyl sites for hydroxylation is 1. The van der Waals surface area contributed by atoms with Crippen LogP contribution in [-0.4, -0.2) is 22.3 Å². The van der Waals surface area contributed by atoms with E-state index in [0.29, 0.717) is 30.9 Å². The lowest BCUT2D eigenvalue weighted by molar-refractivity contribution is -0.111. The van der Waals surface area contributed by atoms with Gasteiger partial charge >= 0.3 is 0 Å². The van der Waals surface area contributed by atoms with Crippen LogP contribution < -0.4 is 10.1 Å². The second-order valence-electron chi connectivity index (χ2n) is 6.79. The summed E-state index contributed by atoms with van der Waals surface area (Å²) in [6.07, 6.45) is 4.42. The first-order chi connectivity index (χ1) is 14.6. The second kappa shape index (κ2) is 10.1. The normalized spacial score (nSPS) is 10.7. The number of nitrogens with zero attached hydrogens (tertiary/aromatic N) is 3. The summed E-state index contributed by atoms with van der Waals surface area (Å²) in [4.78, 5) is 12.4. The molecule has 2 aromatic carbocycles. The zero-order valence-corrected chi connectivity index (χ0v) is 17.1. The van der Waals surface area contributed by atoms with Gasteiger partial charge in [0.15, 0.2) is 0 Å². The van der Waals surface area contributed by atoms with Gasteiger partial charge in [0.25, 0.3) is 0 Å². The molecule has 6 heteroatoms. The molecule has 0 fully saturated rings. The lowest BCUT2D eigenvalue weighted by atomic mass is 10.2. The molecule has 0 unspecified atom stereocenters. The first-order valence-corrected chi connectivity index (χ1v) is 9.79. The molecule has 1 heterocycles. The van der Waals surface area contributed by atoms with E-state index in [2.05, 4.69) is 16.5 Å². The molecule has 6 nitrogen and oxygen atoms in total. The first kappa shape index (κ1) is 20.9. The monoisotopic (exact) mass is 400 g/mol. The number of ether oxygens (including phenoxy) is 1. The number of nitriles is 1. The highest BCUT2D eigenvalue weighted by Crippen LogP contribution is 2.20. The van der Waals surface area contributed by atoms with Gasteiger partial charge in [-0.1, -0.05) is 24.3 Å². The van der Waals surface area contributed by atoms with Crippen molar-refractivity contribution < 1.29 is 9.53 Å². The summed E-state index contributed by atoms with van der Waals surface area (Å²) in [7, 11) is 0. The summed E-state index contributed by atoms with van der Waals surface area (Å²) < 4.78 is 7.48. The number of rotatable bonds is 8. The topological polar surface area (TPSA) is 79.9 Å². The molecule has 0 radical (unpaired) electrons. The van der Waals surface area contributed by atoms with E-state index >= 15 is 0 Å². The summed E-state index contributed by atoms with van der Waals surface area (Å²) in [5, 5.41) is 16.0. The molecule has 1 aromatic heterocycles. The Balaban J connectivity index is 1.66. The van der Waals surface area contributed by atoms with E-state index in [4.69, 9.17) is 10.00 Å². The Morgan fingerprint density at radius 2 is 2.00 bits per heavy atom. The van der Waals surface area contributed by atoms with Crippen molar-refractivity contribution in [3.8, 4) is 17.5 Å². The predicted octanol–water partition coefficient (Wildman–Crippen LogP) is 4.82. The van der Waals surface area contributed by atoms with E-state index in [1.165, 1.54) is 6.08 Å².